The molecule has 2 N–H and O–H groups in total. The quantitative estimate of drug-likeness (QED) is 0.756. The lowest BCUT2D eigenvalue weighted by atomic mass is 10.2. The second-order valence-corrected chi connectivity index (χ2v) is 3.58. The fraction of sp³-hybridized carbons (Fsp3) is 0.250. The van der Waals surface area contributed by atoms with Gasteiger partial charge in [-0.2, -0.15) is 0 Å². The Morgan fingerprint density at radius 1 is 1.35 bits per heavy atom. The Hall–Kier alpha value is -2.01. The smallest absolute Gasteiger partial charge is 0.327 e. The zero-order valence-corrected chi connectivity index (χ0v) is 9.64. The van der Waals surface area contributed by atoms with E-state index in [0.29, 0.717) is 6.61 Å². The maximum Gasteiger partial charge on any atom is 0.327 e. The highest BCUT2D eigenvalue weighted by Gasteiger charge is 2.15. The molecule has 0 saturated heterocycles. The summed E-state index contributed by atoms with van der Waals surface area (Å²) >= 11 is 0. The van der Waals surface area contributed by atoms with E-state index in [-0.39, 0.29) is 12.5 Å². The second-order valence-electron chi connectivity index (χ2n) is 3.58. The van der Waals surface area contributed by atoms with Crippen LogP contribution in [0.2, 0.25) is 0 Å². The summed E-state index contributed by atoms with van der Waals surface area (Å²) in [6.07, 6.45) is 1.84. The first kappa shape index (κ1) is 11.5. The van der Waals surface area contributed by atoms with Crippen LogP contribution >= 0.6 is 0 Å². The summed E-state index contributed by atoms with van der Waals surface area (Å²) in [5, 5.41) is 1.65. The van der Waals surface area contributed by atoms with Crippen molar-refractivity contribution in [3.63, 3.8) is 0 Å². The van der Waals surface area contributed by atoms with E-state index in [1.807, 2.05) is 36.5 Å². The zero-order chi connectivity index (χ0) is 12.1. The Morgan fingerprint density at radius 3 is 2.82 bits per heavy atom. The van der Waals surface area contributed by atoms with Gasteiger partial charge in [-0.05, 0) is 6.92 Å². The molecule has 0 unspecified atom stereocenters. The van der Waals surface area contributed by atoms with Crippen molar-refractivity contribution in [1.29, 1.82) is 0 Å². The first-order chi connectivity index (χ1) is 8.29. The molecule has 90 valence electrons. The van der Waals surface area contributed by atoms with Crippen molar-refractivity contribution in [3.8, 4) is 0 Å². The van der Waals surface area contributed by atoms with E-state index in [0.717, 1.165) is 11.3 Å². The highest BCUT2D eigenvalue weighted by Crippen LogP contribution is 2.13. The lowest BCUT2D eigenvalue weighted by Gasteiger charge is -2.13. The number of carbonyl (C=O) groups is 1. The molecule has 0 spiro atoms. The van der Waals surface area contributed by atoms with Gasteiger partial charge in [0, 0.05) is 11.8 Å². The number of nitrogens with zero attached hydrogens (tertiary/aromatic N) is 1. The summed E-state index contributed by atoms with van der Waals surface area (Å²) in [4.78, 5) is 11.3. The van der Waals surface area contributed by atoms with Gasteiger partial charge in [-0.1, -0.05) is 30.3 Å². The van der Waals surface area contributed by atoms with Crippen molar-refractivity contribution in [2.75, 3.05) is 13.2 Å². The topological polar surface area (TPSA) is 53.6 Å². The van der Waals surface area contributed by atoms with Crippen LogP contribution < -0.4 is 11.0 Å². The molecule has 1 aliphatic rings. The van der Waals surface area contributed by atoms with Crippen molar-refractivity contribution in [1.82, 2.24) is 16.0 Å². The molecule has 17 heavy (non-hydrogen) atoms. The van der Waals surface area contributed by atoms with E-state index >= 15 is 0 Å². The van der Waals surface area contributed by atoms with E-state index < -0.39 is 0 Å². The van der Waals surface area contributed by atoms with E-state index in [9.17, 15) is 4.79 Å². The maximum atomic E-state index is 11.3. The minimum absolute atomic E-state index is 0.178. The average Bonchev–Trinajstić information content (AvgIpc) is 2.79. The van der Waals surface area contributed by atoms with Crippen LogP contribution in [0.25, 0.3) is 5.70 Å². The zero-order valence-electron chi connectivity index (χ0n) is 9.64. The highest BCUT2D eigenvalue weighted by molar-refractivity contribution is 5.72. The van der Waals surface area contributed by atoms with Gasteiger partial charge in [0.15, 0.2) is 0 Å². The molecule has 0 atom stereocenters. The summed E-state index contributed by atoms with van der Waals surface area (Å²) in [6, 6.07) is 9.88. The van der Waals surface area contributed by atoms with Crippen LogP contribution in [0.15, 0.2) is 36.5 Å². The van der Waals surface area contributed by atoms with Crippen LogP contribution in [0.1, 0.15) is 12.5 Å². The molecule has 0 radical (unpaired) electrons. The Labute approximate surface area is 100 Å². The Balaban J connectivity index is 1.97. The minimum atomic E-state index is -0.257. The molecule has 5 nitrogen and oxygen atoms in total. The Morgan fingerprint density at radius 2 is 2.12 bits per heavy atom. The van der Waals surface area contributed by atoms with Crippen molar-refractivity contribution in [3.05, 3.63) is 42.1 Å². The molecule has 1 aliphatic heterocycles. The standard InChI is InChI=1S/C12H15N3O2/c1-2-17-12(16)9-15-8-11(13-14-15)10-6-4-3-5-7-10/h3-8,13-14H,2,9H2,1H3. The van der Waals surface area contributed by atoms with Crippen molar-refractivity contribution in [2.24, 2.45) is 0 Å². The summed E-state index contributed by atoms with van der Waals surface area (Å²) < 4.78 is 4.87. The monoisotopic (exact) mass is 233 g/mol. The second kappa shape index (κ2) is 5.36. The first-order valence-electron chi connectivity index (χ1n) is 5.50. The van der Waals surface area contributed by atoms with E-state index in [1.54, 1.807) is 11.9 Å². The van der Waals surface area contributed by atoms with Gasteiger partial charge in [-0.3, -0.25) is 9.80 Å². The minimum Gasteiger partial charge on any atom is -0.465 e. The van der Waals surface area contributed by atoms with Crippen LogP contribution in [-0.2, 0) is 9.53 Å². The molecule has 0 bridgehead atoms. The summed E-state index contributed by atoms with van der Waals surface area (Å²) in [5.74, 6) is -0.257. The van der Waals surface area contributed by atoms with Crippen molar-refractivity contribution >= 4 is 11.7 Å². The molecule has 0 saturated carbocycles. The highest BCUT2D eigenvalue weighted by atomic mass is 16.5. The van der Waals surface area contributed by atoms with Crippen LogP contribution in [0.3, 0.4) is 0 Å². The van der Waals surface area contributed by atoms with E-state index in [2.05, 4.69) is 11.0 Å². The van der Waals surface area contributed by atoms with Crippen LogP contribution in [0.5, 0.6) is 0 Å². The van der Waals surface area contributed by atoms with Gasteiger partial charge >= 0.3 is 5.97 Å². The third-order valence-corrected chi connectivity index (χ3v) is 2.31. The largest absolute Gasteiger partial charge is 0.465 e. The van der Waals surface area contributed by atoms with Gasteiger partial charge in [0.1, 0.15) is 6.54 Å². The molecule has 1 aromatic rings. The lowest BCUT2D eigenvalue weighted by molar-refractivity contribution is -0.144. The summed E-state index contributed by atoms with van der Waals surface area (Å²) in [5.41, 5.74) is 7.87. The van der Waals surface area contributed by atoms with Gasteiger partial charge in [-0.25, -0.2) is 0 Å². The fourth-order valence-corrected chi connectivity index (χ4v) is 1.55. The number of hydrogen-bond donors (Lipinski definition) is 2. The van der Waals surface area contributed by atoms with E-state index in [1.165, 1.54) is 0 Å². The number of carbonyl (C=O) groups excluding carboxylic acids is 1. The number of esters is 1. The number of ether oxygens (including phenoxy) is 1. The number of hydrogen-bond acceptors (Lipinski definition) is 5. The molecule has 0 aromatic heterocycles. The maximum absolute atomic E-state index is 11.3. The normalized spacial score (nSPS) is 14.2. The summed E-state index contributed by atoms with van der Waals surface area (Å²) in [6.45, 7) is 2.37. The molecule has 0 aliphatic carbocycles. The van der Waals surface area contributed by atoms with Crippen LogP contribution in [0, 0.1) is 0 Å². The third-order valence-electron chi connectivity index (χ3n) is 2.31. The molecule has 0 fully saturated rings. The van der Waals surface area contributed by atoms with Crippen LogP contribution in [-0.4, -0.2) is 24.1 Å². The van der Waals surface area contributed by atoms with E-state index in [4.69, 9.17) is 4.74 Å². The number of nitrogens with one attached hydrogen (secondary N) is 2. The SMILES string of the molecule is CCOC(=O)CN1C=C(c2ccccc2)NN1. The van der Waals surface area contributed by atoms with Crippen molar-refractivity contribution in [2.45, 2.75) is 6.92 Å². The van der Waals surface area contributed by atoms with Gasteiger partial charge in [0.25, 0.3) is 0 Å². The molecular formula is C12H15N3O2. The number of hydrazine groups is 2. The van der Waals surface area contributed by atoms with Crippen molar-refractivity contribution < 1.29 is 9.53 Å². The number of rotatable bonds is 4. The molecule has 0 amide bonds. The predicted octanol–water partition coefficient (Wildman–Crippen LogP) is 0.873. The molecular weight excluding hydrogens is 218 g/mol. The van der Waals surface area contributed by atoms with Gasteiger partial charge < -0.3 is 10.2 Å². The average molecular weight is 233 g/mol. The van der Waals surface area contributed by atoms with Gasteiger partial charge in [-0.15, -0.1) is 5.53 Å². The number of benzene rings is 1. The molecule has 1 heterocycles. The Bertz CT molecular complexity index is 417. The van der Waals surface area contributed by atoms with Gasteiger partial charge in [0.05, 0.1) is 12.3 Å². The van der Waals surface area contributed by atoms with Gasteiger partial charge in [0.2, 0.25) is 0 Å². The Kier molecular flexibility index (Phi) is 3.62. The molecule has 1 aromatic carbocycles. The van der Waals surface area contributed by atoms with Crippen LogP contribution in [0.4, 0.5) is 0 Å². The predicted molar refractivity (Wildman–Crippen MR) is 64.0 cm³/mol. The third kappa shape index (κ3) is 2.98. The molecule has 2 rings (SSSR count). The first-order valence-corrected chi connectivity index (χ1v) is 5.50. The lowest BCUT2D eigenvalue weighted by Crippen LogP contribution is -2.39. The fourth-order valence-electron chi connectivity index (χ4n) is 1.55. The summed E-state index contributed by atoms with van der Waals surface area (Å²) in [7, 11) is 0. The molecule has 5 heteroatoms.